The van der Waals surface area contributed by atoms with Gasteiger partial charge in [0, 0.05) is 18.0 Å². The number of benzene rings is 1. The van der Waals surface area contributed by atoms with Gasteiger partial charge >= 0.3 is 0 Å². The molecule has 0 bridgehead atoms. The third kappa shape index (κ3) is 3.33. The Bertz CT molecular complexity index is 855. The molecule has 4 rings (SSSR count). The molecule has 0 N–H and O–H groups in total. The Labute approximate surface area is 145 Å². The number of piperidine rings is 1. The van der Waals surface area contributed by atoms with Gasteiger partial charge in [-0.25, -0.2) is 0 Å². The second kappa shape index (κ2) is 6.55. The lowest BCUT2D eigenvalue weighted by Crippen LogP contribution is -2.44. The number of amides is 1. The molecule has 6 heteroatoms. The van der Waals surface area contributed by atoms with Crippen LogP contribution in [0.25, 0.3) is 11.0 Å². The molecular weight excluding hydrogens is 318 g/mol. The van der Waals surface area contributed by atoms with E-state index in [2.05, 4.69) is 10.2 Å². The maximum absolute atomic E-state index is 12.8. The number of likely N-dealkylation sites (tertiary alicyclic amines) is 1. The molecule has 3 aromatic rings. The molecule has 1 fully saturated rings. The second-order valence-corrected chi connectivity index (χ2v) is 6.29. The van der Waals surface area contributed by atoms with E-state index in [1.54, 1.807) is 11.0 Å². The van der Waals surface area contributed by atoms with E-state index in [4.69, 9.17) is 9.15 Å². The normalized spacial score (nSPS) is 17.6. The molecule has 1 aliphatic rings. The van der Waals surface area contributed by atoms with Crippen molar-refractivity contribution in [2.75, 3.05) is 13.1 Å². The molecule has 0 aliphatic carbocycles. The number of aryl methyl sites for hydroxylation is 1. The zero-order chi connectivity index (χ0) is 17.2. The van der Waals surface area contributed by atoms with Crippen LogP contribution in [0.3, 0.4) is 0 Å². The SMILES string of the molecule is Cc1ccc(O[C@@H]2CCCN(C(=O)c3cc4ccccc4o3)C2)nn1. The first-order valence-electron chi connectivity index (χ1n) is 8.44. The van der Waals surface area contributed by atoms with E-state index < -0.39 is 0 Å². The first-order chi connectivity index (χ1) is 12.2. The first kappa shape index (κ1) is 15.6. The number of hydrogen-bond donors (Lipinski definition) is 0. The smallest absolute Gasteiger partial charge is 0.289 e. The Hall–Kier alpha value is -2.89. The molecule has 128 valence electrons. The highest BCUT2D eigenvalue weighted by molar-refractivity contribution is 5.96. The summed E-state index contributed by atoms with van der Waals surface area (Å²) in [6.07, 6.45) is 1.69. The fourth-order valence-electron chi connectivity index (χ4n) is 3.08. The van der Waals surface area contributed by atoms with Crippen molar-refractivity contribution >= 4 is 16.9 Å². The molecule has 0 saturated carbocycles. The Kier molecular flexibility index (Phi) is 4.09. The number of para-hydroxylation sites is 1. The van der Waals surface area contributed by atoms with E-state index in [-0.39, 0.29) is 12.0 Å². The molecular formula is C19H19N3O3. The summed E-state index contributed by atoms with van der Waals surface area (Å²) in [7, 11) is 0. The number of rotatable bonds is 3. The first-order valence-corrected chi connectivity index (χ1v) is 8.44. The van der Waals surface area contributed by atoms with Crippen LogP contribution in [0.15, 0.2) is 46.9 Å². The van der Waals surface area contributed by atoms with Gasteiger partial charge in [0.15, 0.2) is 5.76 Å². The van der Waals surface area contributed by atoms with Crippen molar-refractivity contribution in [3.8, 4) is 5.88 Å². The molecule has 1 aromatic carbocycles. The van der Waals surface area contributed by atoms with Crippen LogP contribution in [-0.4, -0.2) is 40.2 Å². The predicted octanol–water partition coefficient (Wildman–Crippen LogP) is 3.21. The molecule has 1 aliphatic heterocycles. The average Bonchev–Trinajstić information content (AvgIpc) is 3.07. The van der Waals surface area contributed by atoms with E-state index in [0.717, 1.165) is 29.5 Å². The van der Waals surface area contributed by atoms with Crippen molar-refractivity contribution in [2.45, 2.75) is 25.9 Å². The van der Waals surface area contributed by atoms with E-state index >= 15 is 0 Å². The van der Waals surface area contributed by atoms with Crippen LogP contribution < -0.4 is 4.74 Å². The van der Waals surface area contributed by atoms with Crippen molar-refractivity contribution in [3.63, 3.8) is 0 Å². The fourth-order valence-corrected chi connectivity index (χ4v) is 3.08. The Balaban J connectivity index is 1.46. The zero-order valence-electron chi connectivity index (χ0n) is 14.0. The quantitative estimate of drug-likeness (QED) is 0.734. The van der Waals surface area contributed by atoms with Gasteiger partial charge in [0.1, 0.15) is 11.7 Å². The fraction of sp³-hybridized carbons (Fsp3) is 0.316. The van der Waals surface area contributed by atoms with E-state index in [1.165, 1.54) is 0 Å². The third-order valence-electron chi connectivity index (χ3n) is 4.36. The van der Waals surface area contributed by atoms with Gasteiger partial charge in [-0.2, -0.15) is 5.10 Å². The van der Waals surface area contributed by atoms with E-state index in [9.17, 15) is 4.79 Å². The monoisotopic (exact) mass is 337 g/mol. The van der Waals surface area contributed by atoms with Crippen molar-refractivity contribution in [1.82, 2.24) is 15.1 Å². The summed E-state index contributed by atoms with van der Waals surface area (Å²) in [5.41, 5.74) is 1.57. The third-order valence-corrected chi connectivity index (χ3v) is 4.36. The van der Waals surface area contributed by atoms with Crippen LogP contribution in [0.1, 0.15) is 29.1 Å². The van der Waals surface area contributed by atoms with Crippen LogP contribution in [0.4, 0.5) is 0 Å². The van der Waals surface area contributed by atoms with Gasteiger partial charge in [0.25, 0.3) is 5.91 Å². The number of aromatic nitrogens is 2. The van der Waals surface area contributed by atoms with Gasteiger partial charge in [-0.3, -0.25) is 4.79 Å². The van der Waals surface area contributed by atoms with Crippen LogP contribution in [-0.2, 0) is 0 Å². The van der Waals surface area contributed by atoms with E-state index in [0.29, 0.717) is 24.7 Å². The Morgan fingerprint density at radius 3 is 2.92 bits per heavy atom. The Morgan fingerprint density at radius 1 is 1.24 bits per heavy atom. The standard InChI is InChI=1S/C19H19N3O3/c1-13-8-9-18(21-20-13)24-15-6-4-10-22(12-15)19(23)17-11-14-5-2-3-7-16(14)25-17/h2-3,5,7-9,11,15H,4,6,10,12H2,1H3/t15-/m1/s1. The minimum absolute atomic E-state index is 0.0842. The number of carbonyl (C=O) groups excluding carboxylic acids is 1. The van der Waals surface area contributed by atoms with Crippen molar-refractivity contribution in [2.24, 2.45) is 0 Å². The molecule has 3 heterocycles. The summed E-state index contributed by atoms with van der Waals surface area (Å²) in [5, 5.41) is 8.97. The highest BCUT2D eigenvalue weighted by Crippen LogP contribution is 2.22. The summed E-state index contributed by atoms with van der Waals surface area (Å²) in [4.78, 5) is 14.5. The number of carbonyl (C=O) groups is 1. The number of nitrogens with zero attached hydrogens (tertiary/aromatic N) is 3. The lowest BCUT2D eigenvalue weighted by molar-refractivity contribution is 0.0500. The predicted molar refractivity (Wildman–Crippen MR) is 92.5 cm³/mol. The zero-order valence-corrected chi connectivity index (χ0v) is 14.0. The van der Waals surface area contributed by atoms with Crippen LogP contribution >= 0.6 is 0 Å². The minimum atomic E-state index is -0.0977. The molecule has 0 unspecified atom stereocenters. The van der Waals surface area contributed by atoms with Gasteiger partial charge in [-0.15, -0.1) is 5.10 Å². The number of furan rings is 1. The highest BCUT2D eigenvalue weighted by atomic mass is 16.5. The van der Waals surface area contributed by atoms with Crippen molar-refractivity contribution in [1.29, 1.82) is 0 Å². The lowest BCUT2D eigenvalue weighted by atomic mass is 10.1. The van der Waals surface area contributed by atoms with Gasteiger partial charge in [0.05, 0.1) is 12.2 Å². The summed E-state index contributed by atoms with van der Waals surface area (Å²) in [5.74, 6) is 0.769. The van der Waals surface area contributed by atoms with Gasteiger partial charge in [-0.05, 0) is 38.0 Å². The second-order valence-electron chi connectivity index (χ2n) is 6.29. The molecule has 1 atom stereocenters. The van der Waals surface area contributed by atoms with Gasteiger partial charge < -0.3 is 14.1 Å². The number of fused-ring (bicyclic) bond motifs is 1. The van der Waals surface area contributed by atoms with Crippen molar-refractivity contribution < 1.29 is 13.9 Å². The topological polar surface area (TPSA) is 68.5 Å². The Morgan fingerprint density at radius 2 is 2.12 bits per heavy atom. The summed E-state index contributed by atoms with van der Waals surface area (Å²) in [6, 6.07) is 13.1. The molecule has 2 aromatic heterocycles. The largest absolute Gasteiger partial charge is 0.471 e. The minimum Gasteiger partial charge on any atom is -0.471 e. The summed E-state index contributed by atoms with van der Waals surface area (Å²) < 4.78 is 11.6. The van der Waals surface area contributed by atoms with Gasteiger partial charge in [0.2, 0.25) is 5.88 Å². The molecule has 0 spiro atoms. The molecule has 6 nitrogen and oxygen atoms in total. The molecule has 1 saturated heterocycles. The molecule has 25 heavy (non-hydrogen) atoms. The maximum atomic E-state index is 12.8. The average molecular weight is 337 g/mol. The summed E-state index contributed by atoms with van der Waals surface area (Å²) in [6.45, 7) is 3.10. The molecule has 1 amide bonds. The van der Waals surface area contributed by atoms with Crippen LogP contribution in [0.5, 0.6) is 5.88 Å². The van der Waals surface area contributed by atoms with E-state index in [1.807, 2.05) is 43.3 Å². The summed E-state index contributed by atoms with van der Waals surface area (Å²) >= 11 is 0. The van der Waals surface area contributed by atoms with Crippen molar-refractivity contribution in [3.05, 3.63) is 53.9 Å². The van der Waals surface area contributed by atoms with Crippen LogP contribution in [0.2, 0.25) is 0 Å². The maximum Gasteiger partial charge on any atom is 0.289 e. The van der Waals surface area contributed by atoms with Crippen LogP contribution in [0, 0.1) is 6.92 Å². The number of hydrogen-bond acceptors (Lipinski definition) is 5. The number of ether oxygens (including phenoxy) is 1. The molecule has 0 radical (unpaired) electrons. The highest BCUT2D eigenvalue weighted by Gasteiger charge is 2.27. The van der Waals surface area contributed by atoms with Gasteiger partial charge in [-0.1, -0.05) is 18.2 Å². The lowest BCUT2D eigenvalue weighted by Gasteiger charge is -2.32.